The van der Waals surface area contributed by atoms with Crippen molar-refractivity contribution in [2.75, 3.05) is 19.6 Å². The van der Waals surface area contributed by atoms with Crippen molar-refractivity contribution >= 4 is 10.8 Å². The van der Waals surface area contributed by atoms with E-state index in [0.717, 1.165) is 43.8 Å². The van der Waals surface area contributed by atoms with Gasteiger partial charge in [0.1, 0.15) is 5.82 Å². The molecule has 1 unspecified atom stereocenters. The number of likely N-dealkylation sites (tertiary alicyclic amines) is 1. The van der Waals surface area contributed by atoms with Crippen molar-refractivity contribution in [1.29, 1.82) is 0 Å². The van der Waals surface area contributed by atoms with Gasteiger partial charge < -0.3 is 4.90 Å². The number of nitrogens with zero attached hydrogens (tertiary/aromatic N) is 1. The average molecular weight is 374 g/mol. The Kier molecular flexibility index (Phi) is 6.60. The molecule has 0 N–H and O–H groups in total. The summed E-state index contributed by atoms with van der Waals surface area (Å²) < 4.78 is 26.1. The lowest BCUT2D eigenvalue weighted by Gasteiger charge is -2.32. The summed E-state index contributed by atoms with van der Waals surface area (Å²) in [7, 11) is -0.928. The summed E-state index contributed by atoms with van der Waals surface area (Å²) in [5.74, 6) is 0.213. The molecule has 1 saturated heterocycles. The van der Waals surface area contributed by atoms with Crippen molar-refractivity contribution < 1.29 is 8.60 Å². The molecule has 2 aromatic carbocycles. The molecule has 1 atom stereocenters. The molecule has 4 heteroatoms. The lowest BCUT2D eigenvalue weighted by Crippen LogP contribution is -2.38. The lowest BCUT2D eigenvalue weighted by atomic mass is 10.0. The van der Waals surface area contributed by atoms with Crippen LogP contribution in [-0.2, 0) is 17.2 Å². The second-order valence-electron chi connectivity index (χ2n) is 7.41. The van der Waals surface area contributed by atoms with E-state index < -0.39 is 10.8 Å². The van der Waals surface area contributed by atoms with Crippen LogP contribution in [-0.4, -0.2) is 34.0 Å². The van der Waals surface area contributed by atoms with Gasteiger partial charge in [-0.1, -0.05) is 44.2 Å². The van der Waals surface area contributed by atoms with E-state index in [2.05, 4.69) is 24.8 Å². The monoisotopic (exact) mass is 373 g/mol. The van der Waals surface area contributed by atoms with Gasteiger partial charge in [-0.2, -0.15) is 0 Å². The van der Waals surface area contributed by atoms with E-state index in [1.807, 2.05) is 30.3 Å². The van der Waals surface area contributed by atoms with Gasteiger partial charge in [0.2, 0.25) is 0 Å². The maximum Gasteiger partial charge on any atom is 0.123 e. The highest BCUT2D eigenvalue weighted by Crippen LogP contribution is 2.27. The van der Waals surface area contributed by atoms with Gasteiger partial charge in [-0.05, 0) is 67.6 Å². The first-order chi connectivity index (χ1) is 12.5. The van der Waals surface area contributed by atoms with Gasteiger partial charge in [0.15, 0.2) is 0 Å². The van der Waals surface area contributed by atoms with Crippen LogP contribution in [0, 0.1) is 5.82 Å². The molecule has 0 aliphatic carbocycles. The fraction of sp³-hybridized carbons (Fsp3) is 0.455. The largest absolute Gasteiger partial charge is 0.303 e. The van der Waals surface area contributed by atoms with Crippen LogP contribution in [0.5, 0.6) is 0 Å². The quantitative estimate of drug-likeness (QED) is 0.727. The van der Waals surface area contributed by atoms with E-state index in [-0.39, 0.29) is 11.1 Å². The first kappa shape index (κ1) is 19.2. The van der Waals surface area contributed by atoms with E-state index in [1.165, 1.54) is 23.3 Å². The highest BCUT2D eigenvalue weighted by molar-refractivity contribution is 7.85. The number of piperidine rings is 1. The zero-order valence-electron chi connectivity index (χ0n) is 15.7. The molecule has 1 aliphatic rings. The number of hydrogen-bond donors (Lipinski definition) is 0. The Morgan fingerprint density at radius 3 is 2.38 bits per heavy atom. The Balaban J connectivity index is 1.53. The van der Waals surface area contributed by atoms with Gasteiger partial charge in [-0.25, -0.2) is 4.39 Å². The maximum atomic E-state index is 13.1. The Bertz CT molecular complexity index is 736. The van der Waals surface area contributed by atoms with Crippen LogP contribution in [0.1, 0.15) is 43.7 Å². The summed E-state index contributed by atoms with van der Waals surface area (Å²) in [4.78, 5) is 3.46. The minimum atomic E-state index is -0.928. The molecule has 2 aromatic rings. The molecule has 0 saturated carbocycles. The Hall–Kier alpha value is -1.52. The number of hydrogen-bond acceptors (Lipinski definition) is 2. The minimum Gasteiger partial charge on any atom is -0.303 e. The van der Waals surface area contributed by atoms with Crippen LogP contribution in [0.4, 0.5) is 4.39 Å². The molecule has 0 amide bonds. The molecular weight excluding hydrogens is 345 g/mol. The lowest BCUT2D eigenvalue weighted by molar-refractivity contribution is 0.234. The molecule has 140 valence electrons. The van der Waals surface area contributed by atoms with Gasteiger partial charge in [0.05, 0.1) is 10.8 Å². The highest BCUT2D eigenvalue weighted by atomic mass is 32.2. The minimum absolute atomic E-state index is 0.182. The number of halogens is 1. The van der Waals surface area contributed by atoms with Crippen LogP contribution in [0.2, 0.25) is 0 Å². The van der Waals surface area contributed by atoms with E-state index >= 15 is 0 Å². The SMILES string of the molecule is CC(C)c1ccccc1S(=O)C1CCN(CCc2ccc(F)cc2)CC1. The van der Waals surface area contributed by atoms with Crippen LogP contribution in [0.15, 0.2) is 53.4 Å². The second-order valence-corrected chi connectivity index (χ2v) is 9.11. The molecule has 1 aliphatic heterocycles. The van der Waals surface area contributed by atoms with Gasteiger partial charge in [-0.15, -0.1) is 0 Å². The van der Waals surface area contributed by atoms with Crippen molar-refractivity contribution in [2.24, 2.45) is 0 Å². The third kappa shape index (κ3) is 4.80. The highest BCUT2D eigenvalue weighted by Gasteiger charge is 2.26. The zero-order chi connectivity index (χ0) is 18.5. The molecule has 0 radical (unpaired) electrons. The molecule has 3 rings (SSSR count). The van der Waals surface area contributed by atoms with Crippen LogP contribution in [0.3, 0.4) is 0 Å². The van der Waals surface area contributed by atoms with Crippen LogP contribution >= 0.6 is 0 Å². The maximum absolute atomic E-state index is 13.1. The molecule has 0 spiro atoms. The van der Waals surface area contributed by atoms with Crippen LogP contribution in [0.25, 0.3) is 0 Å². The normalized spacial score (nSPS) is 17.5. The van der Waals surface area contributed by atoms with E-state index in [1.54, 1.807) is 0 Å². The predicted molar refractivity (Wildman–Crippen MR) is 107 cm³/mol. The fourth-order valence-electron chi connectivity index (χ4n) is 3.61. The number of rotatable bonds is 6. The number of benzene rings is 2. The fourth-order valence-corrected chi connectivity index (χ4v) is 5.35. The summed E-state index contributed by atoms with van der Waals surface area (Å²) >= 11 is 0. The van der Waals surface area contributed by atoms with E-state index in [4.69, 9.17) is 0 Å². The third-order valence-corrected chi connectivity index (χ3v) is 7.11. The Labute approximate surface area is 158 Å². The second kappa shape index (κ2) is 8.92. The van der Waals surface area contributed by atoms with Gasteiger partial charge >= 0.3 is 0 Å². The van der Waals surface area contributed by atoms with E-state index in [9.17, 15) is 8.60 Å². The molecule has 0 bridgehead atoms. The van der Waals surface area contributed by atoms with Gasteiger partial charge in [-0.3, -0.25) is 4.21 Å². The Morgan fingerprint density at radius 1 is 1.08 bits per heavy atom. The summed E-state index contributed by atoms with van der Waals surface area (Å²) in [6, 6.07) is 14.9. The van der Waals surface area contributed by atoms with Crippen LogP contribution < -0.4 is 0 Å². The summed E-state index contributed by atoms with van der Waals surface area (Å²) in [6.07, 6.45) is 2.88. The molecule has 26 heavy (non-hydrogen) atoms. The summed E-state index contributed by atoms with van der Waals surface area (Å²) in [5, 5.41) is 0.247. The third-order valence-electron chi connectivity index (χ3n) is 5.23. The van der Waals surface area contributed by atoms with Gasteiger partial charge in [0.25, 0.3) is 0 Å². The van der Waals surface area contributed by atoms with Crippen molar-refractivity contribution in [1.82, 2.24) is 4.90 Å². The van der Waals surface area contributed by atoms with Crippen molar-refractivity contribution in [3.8, 4) is 0 Å². The summed E-state index contributed by atoms with van der Waals surface area (Å²) in [5.41, 5.74) is 2.38. The van der Waals surface area contributed by atoms with Crippen molar-refractivity contribution in [3.05, 3.63) is 65.5 Å². The topological polar surface area (TPSA) is 20.3 Å². The zero-order valence-corrected chi connectivity index (χ0v) is 16.5. The smallest absolute Gasteiger partial charge is 0.123 e. The first-order valence-electron chi connectivity index (χ1n) is 9.51. The summed E-state index contributed by atoms with van der Waals surface area (Å²) in [6.45, 7) is 7.28. The average Bonchev–Trinajstić information content (AvgIpc) is 2.67. The standard InChI is InChI=1S/C22H28FNOS/c1-17(2)21-5-3-4-6-22(21)26(25)20-12-15-24(16-13-20)14-11-18-7-9-19(23)10-8-18/h3-10,17,20H,11-16H2,1-2H3. The Morgan fingerprint density at radius 2 is 1.73 bits per heavy atom. The van der Waals surface area contributed by atoms with Crippen molar-refractivity contribution in [2.45, 2.75) is 49.2 Å². The molecule has 0 aromatic heterocycles. The van der Waals surface area contributed by atoms with Gasteiger partial charge in [0, 0.05) is 16.7 Å². The molecule has 1 heterocycles. The van der Waals surface area contributed by atoms with Crippen molar-refractivity contribution in [3.63, 3.8) is 0 Å². The first-order valence-corrected chi connectivity index (χ1v) is 10.7. The molecular formula is C22H28FNOS. The van der Waals surface area contributed by atoms with E-state index in [0.29, 0.717) is 5.92 Å². The molecule has 1 fully saturated rings. The molecule has 2 nitrogen and oxygen atoms in total. The predicted octanol–water partition coefficient (Wildman–Crippen LogP) is 4.76.